The number of hydrogen-bond acceptors (Lipinski definition) is 3. The Bertz CT molecular complexity index is 407. The first kappa shape index (κ1) is 13.0. The lowest BCUT2D eigenvalue weighted by Gasteiger charge is -2.33. The van der Waals surface area contributed by atoms with Crippen LogP contribution in [-0.4, -0.2) is 50.1 Å². The molecule has 98 valence electrons. The van der Waals surface area contributed by atoms with Gasteiger partial charge in [-0.1, -0.05) is 0 Å². The van der Waals surface area contributed by atoms with Gasteiger partial charge in [-0.15, -0.1) is 0 Å². The molecule has 0 aliphatic carbocycles. The van der Waals surface area contributed by atoms with Crippen molar-refractivity contribution in [3.63, 3.8) is 0 Å². The van der Waals surface area contributed by atoms with Crippen molar-refractivity contribution in [1.82, 2.24) is 15.5 Å². The monoisotopic (exact) mass is 251 g/mol. The van der Waals surface area contributed by atoms with Gasteiger partial charge in [0, 0.05) is 37.8 Å². The molecule has 5 heteroatoms. The van der Waals surface area contributed by atoms with Gasteiger partial charge < -0.3 is 10.6 Å². The van der Waals surface area contributed by atoms with Gasteiger partial charge in [0.05, 0.1) is 0 Å². The minimum Gasteiger partial charge on any atom is -0.350 e. The van der Waals surface area contributed by atoms with E-state index in [0.29, 0.717) is 18.2 Å². The minimum atomic E-state index is -0.331. The van der Waals surface area contributed by atoms with Crippen LogP contribution in [0, 0.1) is 5.82 Å². The predicted octanol–water partition coefficient (Wildman–Crippen LogP) is 0.459. The van der Waals surface area contributed by atoms with Crippen LogP contribution >= 0.6 is 0 Å². The Labute approximate surface area is 106 Å². The van der Waals surface area contributed by atoms with Gasteiger partial charge in [-0.05, 0) is 31.3 Å². The molecule has 0 saturated carbocycles. The average molecular weight is 251 g/mol. The van der Waals surface area contributed by atoms with Crippen molar-refractivity contribution in [1.29, 1.82) is 0 Å². The van der Waals surface area contributed by atoms with Gasteiger partial charge in [0.15, 0.2) is 0 Å². The number of halogens is 1. The standard InChI is InChI=1S/C13H18FN3O/c1-17-7-6-15-8-12(17)9-16-13(18)10-2-4-11(14)5-3-10/h2-5,12,15H,6-9H2,1H3,(H,16,18). The van der Waals surface area contributed by atoms with Crippen molar-refractivity contribution in [2.45, 2.75) is 6.04 Å². The highest BCUT2D eigenvalue weighted by Gasteiger charge is 2.19. The van der Waals surface area contributed by atoms with Crippen LogP contribution in [0.15, 0.2) is 24.3 Å². The number of nitrogens with zero attached hydrogens (tertiary/aromatic N) is 1. The molecule has 1 aromatic carbocycles. The van der Waals surface area contributed by atoms with E-state index in [1.54, 1.807) is 0 Å². The molecule has 1 amide bonds. The maximum Gasteiger partial charge on any atom is 0.251 e. The normalized spacial score (nSPS) is 20.7. The lowest BCUT2D eigenvalue weighted by Crippen LogP contribution is -2.53. The Kier molecular flexibility index (Phi) is 4.28. The minimum absolute atomic E-state index is 0.158. The van der Waals surface area contributed by atoms with Crippen molar-refractivity contribution in [3.05, 3.63) is 35.6 Å². The summed E-state index contributed by atoms with van der Waals surface area (Å²) in [6, 6.07) is 5.89. The first-order valence-electron chi connectivity index (χ1n) is 6.11. The first-order chi connectivity index (χ1) is 8.66. The third-order valence-electron chi connectivity index (χ3n) is 3.25. The van der Waals surface area contributed by atoms with Crippen LogP contribution < -0.4 is 10.6 Å². The van der Waals surface area contributed by atoms with E-state index in [9.17, 15) is 9.18 Å². The summed E-state index contributed by atoms with van der Waals surface area (Å²) in [5.41, 5.74) is 0.489. The number of carbonyl (C=O) groups excluding carboxylic acids is 1. The molecule has 1 aliphatic rings. The summed E-state index contributed by atoms with van der Waals surface area (Å²) < 4.78 is 12.7. The summed E-state index contributed by atoms with van der Waals surface area (Å²) in [4.78, 5) is 14.1. The van der Waals surface area contributed by atoms with E-state index in [1.807, 2.05) is 0 Å². The fraction of sp³-hybridized carbons (Fsp3) is 0.462. The summed E-state index contributed by atoms with van der Waals surface area (Å²) in [5.74, 6) is -0.489. The number of benzene rings is 1. The zero-order valence-corrected chi connectivity index (χ0v) is 10.4. The SMILES string of the molecule is CN1CCNCC1CNC(=O)c1ccc(F)cc1. The Morgan fingerprint density at radius 1 is 1.50 bits per heavy atom. The maximum atomic E-state index is 12.7. The van der Waals surface area contributed by atoms with Crippen LogP contribution in [-0.2, 0) is 0 Å². The third-order valence-corrected chi connectivity index (χ3v) is 3.25. The predicted molar refractivity (Wildman–Crippen MR) is 68.0 cm³/mol. The van der Waals surface area contributed by atoms with E-state index >= 15 is 0 Å². The Morgan fingerprint density at radius 3 is 2.89 bits per heavy atom. The molecule has 1 unspecified atom stereocenters. The quantitative estimate of drug-likeness (QED) is 0.820. The second-order valence-corrected chi connectivity index (χ2v) is 4.56. The molecule has 0 aromatic heterocycles. The van der Waals surface area contributed by atoms with Crippen molar-refractivity contribution < 1.29 is 9.18 Å². The number of rotatable bonds is 3. The summed E-state index contributed by atoms with van der Waals surface area (Å²) >= 11 is 0. The molecule has 18 heavy (non-hydrogen) atoms. The zero-order chi connectivity index (χ0) is 13.0. The van der Waals surface area contributed by atoms with Gasteiger partial charge in [-0.3, -0.25) is 9.69 Å². The van der Waals surface area contributed by atoms with Crippen LogP contribution in [0.25, 0.3) is 0 Å². The van der Waals surface area contributed by atoms with E-state index in [0.717, 1.165) is 19.6 Å². The number of piperazine rings is 1. The van der Waals surface area contributed by atoms with Crippen LogP contribution in [0.2, 0.25) is 0 Å². The molecule has 2 N–H and O–H groups in total. The fourth-order valence-electron chi connectivity index (χ4n) is 2.00. The molecule has 1 aromatic rings. The summed E-state index contributed by atoms with van der Waals surface area (Å²) in [6.45, 7) is 3.44. The van der Waals surface area contributed by atoms with E-state index in [1.165, 1.54) is 24.3 Å². The lowest BCUT2D eigenvalue weighted by atomic mass is 10.2. The Morgan fingerprint density at radius 2 is 2.22 bits per heavy atom. The molecular formula is C13H18FN3O. The van der Waals surface area contributed by atoms with E-state index in [-0.39, 0.29) is 11.7 Å². The van der Waals surface area contributed by atoms with Crippen LogP contribution in [0.1, 0.15) is 10.4 Å². The topological polar surface area (TPSA) is 44.4 Å². The Balaban J connectivity index is 1.86. The van der Waals surface area contributed by atoms with Gasteiger partial charge in [-0.25, -0.2) is 4.39 Å². The lowest BCUT2D eigenvalue weighted by molar-refractivity contribution is 0.0933. The largest absolute Gasteiger partial charge is 0.350 e. The molecular weight excluding hydrogens is 233 g/mol. The van der Waals surface area contributed by atoms with Crippen LogP contribution in [0.3, 0.4) is 0 Å². The van der Waals surface area contributed by atoms with Crippen LogP contribution in [0.4, 0.5) is 4.39 Å². The molecule has 2 rings (SSSR count). The smallest absolute Gasteiger partial charge is 0.251 e. The van der Waals surface area contributed by atoms with Crippen molar-refractivity contribution in [2.75, 3.05) is 33.2 Å². The number of carbonyl (C=O) groups is 1. The molecule has 1 fully saturated rings. The molecule has 1 heterocycles. The molecule has 0 radical (unpaired) electrons. The highest BCUT2D eigenvalue weighted by Crippen LogP contribution is 2.03. The average Bonchev–Trinajstić information content (AvgIpc) is 2.38. The summed E-state index contributed by atoms with van der Waals surface area (Å²) in [5, 5.41) is 6.17. The van der Waals surface area contributed by atoms with Gasteiger partial charge in [0.2, 0.25) is 0 Å². The maximum absolute atomic E-state index is 12.7. The summed E-state index contributed by atoms with van der Waals surface area (Å²) in [6.07, 6.45) is 0. The van der Waals surface area contributed by atoms with Crippen molar-refractivity contribution in [3.8, 4) is 0 Å². The molecule has 1 saturated heterocycles. The third kappa shape index (κ3) is 3.27. The van der Waals surface area contributed by atoms with E-state index in [2.05, 4.69) is 22.6 Å². The molecule has 0 spiro atoms. The fourth-order valence-corrected chi connectivity index (χ4v) is 2.00. The van der Waals surface area contributed by atoms with Gasteiger partial charge in [0.1, 0.15) is 5.82 Å². The summed E-state index contributed by atoms with van der Waals surface area (Å²) in [7, 11) is 2.05. The second kappa shape index (κ2) is 5.93. The van der Waals surface area contributed by atoms with Gasteiger partial charge in [-0.2, -0.15) is 0 Å². The van der Waals surface area contributed by atoms with Crippen LogP contribution in [0.5, 0.6) is 0 Å². The number of nitrogens with one attached hydrogen (secondary N) is 2. The molecule has 0 bridgehead atoms. The molecule has 4 nitrogen and oxygen atoms in total. The number of amides is 1. The molecule has 1 atom stereocenters. The Hall–Kier alpha value is -1.46. The van der Waals surface area contributed by atoms with Crippen molar-refractivity contribution in [2.24, 2.45) is 0 Å². The van der Waals surface area contributed by atoms with Gasteiger partial charge in [0.25, 0.3) is 5.91 Å². The van der Waals surface area contributed by atoms with E-state index in [4.69, 9.17) is 0 Å². The highest BCUT2D eigenvalue weighted by molar-refractivity contribution is 5.94. The number of hydrogen-bond donors (Lipinski definition) is 2. The second-order valence-electron chi connectivity index (χ2n) is 4.56. The zero-order valence-electron chi connectivity index (χ0n) is 10.4. The first-order valence-corrected chi connectivity index (χ1v) is 6.11. The molecule has 1 aliphatic heterocycles. The van der Waals surface area contributed by atoms with Crippen molar-refractivity contribution >= 4 is 5.91 Å². The number of likely N-dealkylation sites (N-methyl/N-ethyl adjacent to an activating group) is 1. The highest BCUT2D eigenvalue weighted by atomic mass is 19.1. The van der Waals surface area contributed by atoms with E-state index < -0.39 is 0 Å². The van der Waals surface area contributed by atoms with Gasteiger partial charge >= 0.3 is 0 Å².